The number of imide groups is 1. The van der Waals surface area contributed by atoms with Crippen molar-refractivity contribution in [3.63, 3.8) is 0 Å². The fraction of sp³-hybridized carbons (Fsp3) is 0.438. The Kier molecular flexibility index (Phi) is 3.81. The molecule has 7 heteroatoms. The zero-order valence-electron chi connectivity index (χ0n) is 13.0. The first kappa shape index (κ1) is 15.5. The number of urea groups is 1. The second-order valence-electron chi connectivity index (χ2n) is 6.26. The summed E-state index contributed by atoms with van der Waals surface area (Å²) in [5.74, 6) is -0.458. The fourth-order valence-corrected chi connectivity index (χ4v) is 3.07. The van der Waals surface area contributed by atoms with Crippen LogP contribution in [0, 0.1) is 0 Å². The van der Waals surface area contributed by atoms with Gasteiger partial charge in [-0.15, -0.1) is 0 Å². The van der Waals surface area contributed by atoms with Gasteiger partial charge >= 0.3 is 6.03 Å². The van der Waals surface area contributed by atoms with Crippen LogP contribution in [0.5, 0.6) is 0 Å². The van der Waals surface area contributed by atoms with E-state index in [-0.39, 0.29) is 11.9 Å². The third-order valence-electron chi connectivity index (χ3n) is 4.50. The highest BCUT2D eigenvalue weighted by Gasteiger charge is 2.43. The Morgan fingerprint density at radius 3 is 2.57 bits per heavy atom. The van der Waals surface area contributed by atoms with Gasteiger partial charge in [0.2, 0.25) is 0 Å². The topological polar surface area (TPSA) is 105 Å². The lowest BCUT2D eigenvalue weighted by molar-refractivity contribution is -0.123. The zero-order valence-corrected chi connectivity index (χ0v) is 13.0. The molecule has 0 unspecified atom stereocenters. The number of benzene rings is 1. The van der Waals surface area contributed by atoms with E-state index in [4.69, 9.17) is 5.73 Å². The highest BCUT2D eigenvalue weighted by molar-refractivity contribution is 6.07. The molecule has 4 N–H and O–H groups in total. The molecule has 0 aliphatic carbocycles. The molecule has 0 radical (unpaired) electrons. The average Bonchev–Trinajstić information content (AvgIpc) is 2.80. The molecule has 7 nitrogen and oxygen atoms in total. The van der Waals surface area contributed by atoms with E-state index < -0.39 is 17.5 Å². The minimum atomic E-state index is -1.11. The molecule has 1 aromatic carbocycles. The third-order valence-corrected chi connectivity index (χ3v) is 4.50. The first-order valence-corrected chi connectivity index (χ1v) is 7.69. The van der Waals surface area contributed by atoms with Gasteiger partial charge in [-0.3, -0.25) is 14.9 Å². The molecule has 2 aliphatic heterocycles. The summed E-state index contributed by atoms with van der Waals surface area (Å²) in [6.45, 7) is 2.91. The molecule has 1 aromatic rings. The maximum atomic E-state index is 12.5. The third kappa shape index (κ3) is 2.79. The molecule has 0 spiro atoms. The maximum Gasteiger partial charge on any atom is 0.322 e. The molecule has 2 saturated heterocycles. The van der Waals surface area contributed by atoms with E-state index in [1.807, 2.05) is 0 Å². The van der Waals surface area contributed by atoms with Gasteiger partial charge in [0.1, 0.15) is 5.54 Å². The van der Waals surface area contributed by atoms with Gasteiger partial charge in [-0.05, 0) is 37.5 Å². The van der Waals surface area contributed by atoms with Gasteiger partial charge in [0.05, 0.1) is 0 Å². The van der Waals surface area contributed by atoms with Crippen LogP contribution in [0.4, 0.5) is 4.79 Å². The van der Waals surface area contributed by atoms with Crippen LogP contribution in [0.15, 0.2) is 24.3 Å². The number of nitrogens with two attached hydrogens (primary N) is 1. The van der Waals surface area contributed by atoms with Crippen molar-refractivity contribution in [3.8, 4) is 0 Å². The predicted molar refractivity (Wildman–Crippen MR) is 83.6 cm³/mol. The van der Waals surface area contributed by atoms with E-state index in [0.717, 1.165) is 12.8 Å². The molecule has 0 bridgehead atoms. The van der Waals surface area contributed by atoms with Crippen molar-refractivity contribution in [2.45, 2.75) is 31.3 Å². The number of nitrogens with one attached hydrogen (secondary N) is 2. The van der Waals surface area contributed by atoms with Gasteiger partial charge in [0.25, 0.3) is 11.8 Å². The number of hydrogen-bond donors (Lipinski definition) is 3. The van der Waals surface area contributed by atoms with Crippen molar-refractivity contribution in [2.75, 3.05) is 13.1 Å². The molecule has 2 fully saturated rings. The van der Waals surface area contributed by atoms with Crippen LogP contribution in [-0.4, -0.2) is 41.9 Å². The summed E-state index contributed by atoms with van der Waals surface area (Å²) in [5, 5.41) is 4.82. The van der Waals surface area contributed by atoms with Crippen LogP contribution in [-0.2, 0) is 10.3 Å². The standard InChI is InChI=1S/C16H20N4O3/c1-16(14(22)18-15(23)19-16)11-6-4-10(5-7-11)13(21)20-8-2-3-12(17)9-20/h4-7,12H,2-3,8-9,17H2,1H3,(H2,18,19,22,23)/t12-,16+/m1/s1. The molecule has 2 atom stereocenters. The molecular formula is C16H20N4O3. The van der Waals surface area contributed by atoms with Crippen molar-refractivity contribution >= 4 is 17.8 Å². The molecule has 2 aliphatic rings. The van der Waals surface area contributed by atoms with E-state index >= 15 is 0 Å². The van der Waals surface area contributed by atoms with Gasteiger partial charge in [-0.1, -0.05) is 12.1 Å². The van der Waals surface area contributed by atoms with Crippen LogP contribution in [0.1, 0.15) is 35.7 Å². The Balaban J connectivity index is 1.78. The number of carbonyl (C=O) groups excluding carboxylic acids is 3. The van der Waals surface area contributed by atoms with E-state index in [1.54, 1.807) is 36.1 Å². The molecule has 3 rings (SSSR count). The van der Waals surface area contributed by atoms with Crippen LogP contribution < -0.4 is 16.4 Å². The first-order valence-electron chi connectivity index (χ1n) is 7.69. The number of hydrogen-bond acceptors (Lipinski definition) is 4. The lowest BCUT2D eigenvalue weighted by atomic mass is 9.91. The fourth-order valence-electron chi connectivity index (χ4n) is 3.07. The summed E-state index contributed by atoms with van der Waals surface area (Å²) in [7, 11) is 0. The Bertz CT molecular complexity index is 658. The van der Waals surface area contributed by atoms with Crippen LogP contribution in [0.25, 0.3) is 0 Å². The maximum absolute atomic E-state index is 12.5. The predicted octanol–water partition coefficient (Wildman–Crippen LogP) is 0.305. The van der Waals surface area contributed by atoms with Gasteiger partial charge < -0.3 is 16.0 Å². The summed E-state index contributed by atoms with van der Waals surface area (Å²) in [6.07, 6.45) is 1.85. The van der Waals surface area contributed by atoms with Crippen molar-refractivity contribution in [1.82, 2.24) is 15.5 Å². The Labute approximate surface area is 134 Å². The van der Waals surface area contributed by atoms with Crippen molar-refractivity contribution < 1.29 is 14.4 Å². The lowest BCUT2D eigenvalue weighted by Crippen LogP contribution is -2.45. The highest BCUT2D eigenvalue weighted by Crippen LogP contribution is 2.25. The van der Waals surface area contributed by atoms with E-state index in [1.165, 1.54) is 0 Å². The average molecular weight is 316 g/mol. The molecule has 122 valence electrons. The normalized spacial score (nSPS) is 27.6. The Hall–Kier alpha value is -2.41. The van der Waals surface area contributed by atoms with Gasteiger partial charge in [-0.2, -0.15) is 0 Å². The van der Waals surface area contributed by atoms with Crippen LogP contribution in [0.3, 0.4) is 0 Å². The minimum absolute atomic E-state index is 0.0308. The van der Waals surface area contributed by atoms with E-state index in [9.17, 15) is 14.4 Å². The molecule has 2 heterocycles. The number of piperidine rings is 1. The quantitative estimate of drug-likeness (QED) is 0.683. The molecule has 23 heavy (non-hydrogen) atoms. The van der Waals surface area contributed by atoms with E-state index in [2.05, 4.69) is 10.6 Å². The summed E-state index contributed by atoms with van der Waals surface area (Å²) >= 11 is 0. The second kappa shape index (κ2) is 5.66. The second-order valence-corrected chi connectivity index (χ2v) is 6.26. The minimum Gasteiger partial charge on any atom is -0.337 e. The Morgan fingerprint density at radius 2 is 2.00 bits per heavy atom. The number of rotatable bonds is 2. The highest BCUT2D eigenvalue weighted by atomic mass is 16.2. The summed E-state index contributed by atoms with van der Waals surface area (Å²) in [4.78, 5) is 37.5. The molecule has 4 amide bonds. The first-order chi connectivity index (χ1) is 10.9. The van der Waals surface area contributed by atoms with E-state index in [0.29, 0.717) is 24.2 Å². The number of likely N-dealkylation sites (tertiary alicyclic amines) is 1. The zero-order chi connectivity index (χ0) is 16.6. The van der Waals surface area contributed by atoms with Crippen molar-refractivity contribution in [1.29, 1.82) is 0 Å². The lowest BCUT2D eigenvalue weighted by Gasteiger charge is -2.31. The summed E-state index contributed by atoms with van der Waals surface area (Å²) in [6, 6.07) is 6.27. The van der Waals surface area contributed by atoms with Gasteiger partial charge in [0, 0.05) is 24.7 Å². The molecular weight excluding hydrogens is 296 g/mol. The van der Waals surface area contributed by atoms with Crippen LogP contribution in [0.2, 0.25) is 0 Å². The van der Waals surface area contributed by atoms with Crippen LogP contribution >= 0.6 is 0 Å². The van der Waals surface area contributed by atoms with Crippen molar-refractivity contribution in [2.24, 2.45) is 5.73 Å². The summed E-state index contributed by atoms with van der Waals surface area (Å²) in [5.41, 5.74) is 5.99. The molecule has 0 saturated carbocycles. The monoisotopic (exact) mass is 316 g/mol. The largest absolute Gasteiger partial charge is 0.337 e. The SMILES string of the molecule is C[C@@]1(c2ccc(C(=O)N3CCC[C@@H](N)C3)cc2)NC(=O)NC1=O. The summed E-state index contributed by atoms with van der Waals surface area (Å²) < 4.78 is 0. The number of nitrogens with zero attached hydrogens (tertiary/aromatic N) is 1. The Morgan fingerprint density at radius 1 is 1.30 bits per heavy atom. The number of amides is 4. The number of carbonyl (C=O) groups is 3. The van der Waals surface area contributed by atoms with Gasteiger partial charge in [-0.25, -0.2) is 4.79 Å². The molecule has 0 aromatic heterocycles. The smallest absolute Gasteiger partial charge is 0.322 e. The van der Waals surface area contributed by atoms with Gasteiger partial charge in [0.15, 0.2) is 0 Å². The van der Waals surface area contributed by atoms with Crippen molar-refractivity contribution in [3.05, 3.63) is 35.4 Å².